The van der Waals surface area contributed by atoms with E-state index in [1.807, 2.05) is 26.0 Å². The van der Waals surface area contributed by atoms with Crippen molar-refractivity contribution in [3.8, 4) is 0 Å². The molecule has 0 unspecified atom stereocenters. The van der Waals surface area contributed by atoms with Crippen LogP contribution in [0.1, 0.15) is 17.5 Å². The Morgan fingerprint density at radius 3 is 2.44 bits per heavy atom. The van der Waals surface area contributed by atoms with Gasteiger partial charge in [-0.3, -0.25) is 9.10 Å². The van der Waals surface area contributed by atoms with Gasteiger partial charge < -0.3 is 5.32 Å². The van der Waals surface area contributed by atoms with Crippen LogP contribution < -0.4 is 9.62 Å². The molecule has 1 amide bonds. The van der Waals surface area contributed by atoms with Crippen molar-refractivity contribution in [2.45, 2.75) is 20.3 Å². The first-order valence-electron chi connectivity index (χ1n) is 7.78. The number of rotatable bonds is 6. The molecule has 5 nitrogen and oxygen atoms in total. The van der Waals surface area contributed by atoms with Crippen LogP contribution in [-0.2, 0) is 14.8 Å². The van der Waals surface area contributed by atoms with Gasteiger partial charge in [-0.2, -0.15) is 0 Å². The third-order valence-corrected chi connectivity index (χ3v) is 5.46. The summed E-state index contributed by atoms with van der Waals surface area (Å²) in [7, 11) is -3.49. The van der Waals surface area contributed by atoms with Crippen molar-refractivity contribution < 1.29 is 13.2 Å². The fraction of sp³-hybridized carbons (Fsp3) is 0.278. The number of carbonyl (C=O) groups excluding carboxylic acids is 1. The number of nitrogens with zero attached hydrogens (tertiary/aromatic N) is 1. The molecule has 2 aromatic rings. The molecule has 0 atom stereocenters. The highest BCUT2D eigenvalue weighted by molar-refractivity contribution is 7.92. The molecule has 25 heavy (non-hydrogen) atoms. The van der Waals surface area contributed by atoms with E-state index in [2.05, 4.69) is 5.32 Å². The normalized spacial score (nSPS) is 11.2. The van der Waals surface area contributed by atoms with Crippen LogP contribution in [0.2, 0.25) is 5.02 Å². The van der Waals surface area contributed by atoms with E-state index in [4.69, 9.17) is 11.6 Å². The minimum absolute atomic E-state index is 0.0351. The van der Waals surface area contributed by atoms with Gasteiger partial charge in [0.25, 0.3) is 0 Å². The zero-order valence-corrected chi connectivity index (χ0v) is 16.0. The summed E-state index contributed by atoms with van der Waals surface area (Å²) < 4.78 is 25.5. The number of halogens is 1. The fourth-order valence-corrected chi connectivity index (χ4v) is 3.63. The summed E-state index contributed by atoms with van der Waals surface area (Å²) in [6.07, 6.45) is 1.17. The molecule has 0 aliphatic rings. The number of amides is 1. The highest BCUT2D eigenvalue weighted by Gasteiger charge is 2.20. The van der Waals surface area contributed by atoms with Crippen LogP contribution >= 0.6 is 11.6 Å². The van der Waals surface area contributed by atoms with E-state index in [1.54, 1.807) is 30.3 Å². The van der Waals surface area contributed by atoms with Crippen molar-refractivity contribution in [2.24, 2.45) is 0 Å². The first-order chi connectivity index (χ1) is 11.7. The highest BCUT2D eigenvalue weighted by atomic mass is 35.5. The SMILES string of the molecule is Cc1ccccc1N(CCC(=O)Nc1cccc(Cl)c1C)S(C)(=O)=O. The number of aryl methyl sites for hydroxylation is 1. The van der Waals surface area contributed by atoms with E-state index >= 15 is 0 Å². The Balaban J connectivity index is 2.12. The maximum Gasteiger partial charge on any atom is 0.232 e. The number of hydrogen-bond donors (Lipinski definition) is 1. The molecule has 0 heterocycles. The third kappa shape index (κ3) is 4.96. The van der Waals surface area contributed by atoms with E-state index in [9.17, 15) is 13.2 Å². The summed E-state index contributed by atoms with van der Waals surface area (Å²) in [5.74, 6) is -0.271. The van der Waals surface area contributed by atoms with Gasteiger partial charge in [0.15, 0.2) is 0 Å². The lowest BCUT2D eigenvalue weighted by molar-refractivity contribution is -0.116. The van der Waals surface area contributed by atoms with Crippen LogP contribution in [0.4, 0.5) is 11.4 Å². The smallest absolute Gasteiger partial charge is 0.232 e. The number of hydrogen-bond acceptors (Lipinski definition) is 3. The summed E-state index contributed by atoms with van der Waals surface area (Å²) in [6.45, 7) is 3.71. The van der Waals surface area contributed by atoms with E-state index < -0.39 is 10.0 Å². The number of nitrogens with one attached hydrogen (secondary N) is 1. The predicted molar refractivity (Wildman–Crippen MR) is 103 cm³/mol. The lowest BCUT2D eigenvalue weighted by Crippen LogP contribution is -2.33. The molecular formula is C18H21ClN2O3S. The largest absolute Gasteiger partial charge is 0.326 e. The van der Waals surface area contributed by atoms with Crippen LogP contribution in [0.3, 0.4) is 0 Å². The Labute approximate surface area is 153 Å². The van der Waals surface area contributed by atoms with Crippen LogP contribution in [0.15, 0.2) is 42.5 Å². The molecule has 0 aliphatic heterocycles. The Bertz CT molecular complexity index is 882. The lowest BCUT2D eigenvalue weighted by atomic mass is 10.2. The average Bonchev–Trinajstić information content (AvgIpc) is 2.52. The van der Waals surface area contributed by atoms with Crippen LogP contribution in [-0.4, -0.2) is 27.1 Å². The maximum absolute atomic E-state index is 12.2. The summed E-state index contributed by atoms with van der Waals surface area (Å²) in [5.41, 5.74) is 2.81. The molecule has 0 bridgehead atoms. The van der Waals surface area contributed by atoms with Crippen molar-refractivity contribution in [3.05, 3.63) is 58.6 Å². The van der Waals surface area contributed by atoms with Crippen molar-refractivity contribution in [3.63, 3.8) is 0 Å². The summed E-state index contributed by atoms with van der Waals surface area (Å²) in [4.78, 5) is 12.2. The number of sulfonamides is 1. The monoisotopic (exact) mass is 380 g/mol. The molecule has 7 heteroatoms. The Kier molecular flexibility index (Phi) is 6.08. The van der Waals surface area contributed by atoms with Crippen LogP contribution in [0.25, 0.3) is 0 Å². The summed E-state index contributed by atoms with van der Waals surface area (Å²) >= 11 is 6.04. The van der Waals surface area contributed by atoms with Crippen molar-refractivity contribution in [2.75, 3.05) is 22.4 Å². The average molecular weight is 381 g/mol. The number of anilines is 2. The topological polar surface area (TPSA) is 66.5 Å². The maximum atomic E-state index is 12.2. The zero-order valence-electron chi connectivity index (χ0n) is 14.4. The molecule has 2 rings (SSSR count). The van der Waals surface area contributed by atoms with E-state index in [0.29, 0.717) is 16.4 Å². The highest BCUT2D eigenvalue weighted by Crippen LogP contribution is 2.24. The summed E-state index contributed by atoms with van der Waals surface area (Å²) in [6, 6.07) is 12.4. The molecule has 0 aliphatic carbocycles. The molecular weight excluding hydrogens is 360 g/mol. The van der Waals surface area contributed by atoms with Gasteiger partial charge in [-0.1, -0.05) is 35.9 Å². The van der Waals surface area contributed by atoms with Crippen molar-refractivity contribution in [1.29, 1.82) is 0 Å². The molecule has 0 aromatic heterocycles. The molecule has 0 spiro atoms. The quantitative estimate of drug-likeness (QED) is 0.829. The van der Waals surface area contributed by atoms with Crippen LogP contribution in [0.5, 0.6) is 0 Å². The zero-order chi connectivity index (χ0) is 18.6. The number of carbonyl (C=O) groups is 1. The van der Waals surface area contributed by atoms with Crippen LogP contribution in [0, 0.1) is 13.8 Å². The molecule has 134 valence electrons. The standard InChI is InChI=1S/C18H21ClN2O3S/c1-13-7-4-5-10-17(13)21(25(3,23)24)12-11-18(22)20-16-9-6-8-15(19)14(16)2/h4-10H,11-12H2,1-3H3,(H,20,22). The molecule has 0 saturated carbocycles. The number of benzene rings is 2. The van der Waals surface area contributed by atoms with Crippen molar-refractivity contribution in [1.82, 2.24) is 0 Å². The van der Waals surface area contributed by atoms with E-state index in [1.165, 1.54) is 4.31 Å². The van der Waals surface area contributed by atoms with Gasteiger partial charge in [-0.05, 0) is 43.2 Å². The first-order valence-corrected chi connectivity index (χ1v) is 10.0. The minimum atomic E-state index is -3.49. The second-order valence-electron chi connectivity index (χ2n) is 5.83. The van der Waals surface area contributed by atoms with Gasteiger partial charge in [0.2, 0.25) is 15.9 Å². The van der Waals surface area contributed by atoms with Gasteiger partial charge in [0.05, 0.1) is 11.9 Å². The van der Waals surface area contributed by atoms with Gasteiger partial charge in [-0.25, -0.2) is 8.42 Å². The Hall–Kier alpha value is -2.05. The van der Waals surface area contributed by atoms with Gasteiger partial charge >= 0.3 is 0 Å². The molecule has 0 radical (unpaired) electrons. The minimum Gasteiger partial charge on any atom is -0.326 e. The second-order valence-corrected chi connectivity index (χ2v) is 8.15. The molecule has 2 aromatic carbocycles. The summed E-state index contributed by atoms with van der Waals surface area (Å²) in [5, 5.41) is 3.34. The van der Waals surface area contributed by atoms with Crippen molar-refractivity contribution >= 4 is 38.9 Å². The third-order valence-electron chi connectivity index (χ3n) is 3.87. The Morgan fingerprint density at radius 1 is 1.12 bits per heavy atom. The molecule has 1 N–H and O–H groups in total. The predicted octanol–water partition coefficient (Wildman–Crippen LogP) is 3.75. The van der Waals surface area contributed by atoms with E-state index in [0.717, 1.165) is 17.4 Å². The second kappa shape index (κ2) is 7.89. The number of para-hydroxylation sites is 1. The fourth-order valence-electron chi connectivity index (χ4n) is 2.47. The molecule has 0 fully saturated rings. The van der Waals surface area contributed by atoms with Gasteiger partial charge in [0.1, 0.15) is 0 Å². The van der Waals surface area contributed by atoms with Gasteiger partial charge in [-0.15, -0.1) is 0 Å². The Morgan fingerprint density at radius 2 is 1.80 bits per heavy atom. The molecule has 0 saturated heterocycles. The van der Waals surface area contributed by atoms with E-state index in [-0.39, 0.29) is 18.9 Å². The first kappa shape index (κ1) is 19.3. The lowest BCUT2D eigenvalue weighted by Gasteiger charge is -2.24. The van der Waals surface area contributed by atoms with Gasteiger partial charge in [0, 0.05) is 23.7 Å².